The second kappa shape index (κ2) is 5.85. The monoisotopic (exact) mass is 312 g/mol. The molecule has 1 aliphatic heterocycles. The van der Waals surface area contributed by atoms with Gasteiger partial charge in [-0.05, 0) is 31.2 Å². The van der Waals surface area contributed by atoms with Crippen LogP contribution in [0.15, 0.2) is 53.4 Å². The highest BCUT2D eigenvalue weighted by atomic mass is 32.2. The Kier molecular flexibility index (Phi) is 3.90. The lowest BCUT2D eigenvalue weighted by Gasteiger charge is -2.30. The molecular formula is C17H16N2O2S. The molecule has 2 aromatic carbocycles. The van der Waals surface area contributed by atoms with Gasteiger partial charge in [0.25, 0.3) is 0 Å². The molecule has 112 valence electrons. The molecule has 2 aromatic rings. The van der Waals surface area contributed by atoms with Gasteiger partial charge in [-0.2, -0.15) is 0 Å². The van der Waals surface area contributed by atoms with Crippen LogP contribution in [0.5, 0.6) is 0 Å². The van der Waals surface area contributed by atoms with Gasteiger partial charge in [-0.25, -0.2) is 0 Å². The minimum atomic E-state index is -0.763. The van der Waals surface area contributed by atoms with Gasteiger partial charge < -0.3 is 10.2 Å². The molecule has 3 rings (SSSR count). The number of hydrogen-bond donors (Lipinski definition) is 1. The van der Waals surface area contributed by atoms with E-state index in [0.717, 1.165) is 16.1 Å². The minimum Gasteiger partial charge on any atom is -0.325 e. The highest BCUT2D eigenvalue weighted by Gasteiger charge is 2.36. The van der Waals surface area contributed by atoms with Crippen molar-refractivity contribution in [3.63, 3.8) is 0 Å². The zero-order chi connectivity index (χ0) is 15.7. The smallest absolute Gasteiger partial charge is 0.249 e. The third-order valence-corrected chi connectivity index (χ3v) is 4.83. The van der Waals surface area contributed by atoms with Gasteiger partial charge in [-0.3, -0.25) is 9.59 Å². The first-order valence-electron chi connectivity index (χ1n) is 6.97. The first-order valence-corrected chi connectivity index (χ1v) is 7.85. The predicted molar refractivity (Wildman–Crippen MR) is 89.3 cm³/mol. The summed E-state index contributed by atoms with van der Waals surface area (Å²) in [4.78, 5) is 27.3. The number of carbonyl (C=O) groups excluding carboxylic acids is 2. The number of fused-ring (bicyclic) bond motifs is 1. The summed E-state index contributed by atoms with van der Waals surface area (Å²) in [5.74, 6) is -0.492. The lowest BCUT2D eigenvalue weighted by Crippen LogP contribution is -2.44. The molecule has 0 radical (unpaired) electrons. The molecule has 0 aliphatic carbocycles. The summed E-state index contributed by atoms with van der Waals surface area (Å²) in [6, 6.07) is 15.1. The Bertz CT molecular complexity index is 728. The molecule has 1 heterocycles. The van der Waals surface area contributed by atoms with Crippen LogP contribution >= 0.6 is 11.8 Å². The Morgan fingerprint density at radius 2 is 1.82 bits per heavy atom. The lowest BCUT2D eigenvalue weighted by atomic mass is 10.2. The molecule has 0 bridgehead atoms. The molecule has 4 nitrogen and oxygen atoms in total. The van der Waals surface area contributed by atoms with Crippen LogP contribution in [0.4, 0.5) is 11.4 Å². The van der Waals surface area contributed by atoms with E-state index in [0.29, 0.717) is 5.69 Å². The number of nitrogens with one attached hydrogen (secondary N) is 1. The second-order valence-corrected chi connectivity index (χ2v) is 6.37. The van der Waals surface area contributed by atoms with Crippen molar-refractivity contribution in [1.29, 1.82) is 0 Å². The molecule has 0 spiro atoms. The zero-order valence-corrected chi connectivity index (χ0v) is 13.2. The average Bonchev–Trinajstić information content (AvgIpc) is 2.53. The number of nitrogens with zero attached hydrogens (tertiary/aromatic N) is 1. The zero-order valence-electron chi connectivity index (χ0n) is 12.4. The summed E-state index contributed by atoms with van der Waals surface area (Å²) in [6.07, 6.45) is 0. The predicted octanol–water partition coefficient (Wildman–Crippen LogP) is 3.07. The van der Waals surface area contributed by atoms with Gasteiger partial charge in [-0.15, -0.1) is 11.8 Å². The summed E-state index contributed by atoms with van der Waals surface area (Å²) >= 11 is 1.30. The summed E-state index contributed by atoms with van der Waals surface area (Å²) in [6.45, 7) is 1.98. The van der Waals surface area contributed by atoms with Crippen molar-refractivity contribution in [2.45, 2.75) is 17.1 Å². The van der Waals surface area contributed by atoms with Gasteiger partial charge in [0, 0.05) is 17.6 Å². The normalized spacial score (nSPS) is 17.1. The van der Waals surface area contributed by atoms with Crippen LogP contribution < -0.4 is 10.2 Å². The fraction of sp³-hybridized carbons (Fsp3) is 0.176. The molecule has 1 unspecified atom stereocenters. The number of rotatable bonds is 2. The minimum absolute atomic E-state index is 0.201. The first-order chi connectivity index (χ1) is 10.6. The Morgan fingerprint density at radius 3 is 2.55 bits per heavy atom. The van der Waals surface area contributed by atoms with E-state index >= 15 is 0 Å². The number of aryl methyl sites for hydroxylation is 1. The van der Waals surface area contributed by atoms with Gasteiger partial charge in [0.2, 0.25) is 11.8 Å². The molecule has 0 fully saturated rings. The van der Waals surface area contributed by atoms with Crippen LogP contribution in [-0.4, -0.2) is 24.1 Å². The standard InChI is InChI=1S/C17H16N2O2S/c1-11-7-9-12(10-8-11)18-16(20)15-17(21)19(2)13-5-3-4-6-14(13)22-15/h3-10,15H,1-2H3,(H,18,20). The summed E-state index contributed by atoms with van der Waals surface area (Å²) in [5.41, 5.74) is 2.66. The first kappa shape index (κ1) is 14.7. The largest absolute Gasteiger partial charge is 0.325 e. The molecule has 0 saturated carbocycles. The number of amides is 2. The molecule has 1 N–H and O–H groups in total. The van der Waals surface area contributed by atoms with E-state index < -0.39 is 5.25 Å². The van der Waals surface area contributed by atoms with Crippen molar-refractivity contribution >= 4 is 35.0 Å². The Morgan fingerprint density at radius 1 is 1.14 bits per heavy atom. The van der Waals surface area contributed by atoms with Crippen molar-refractivity contribution in [2.75, 3.05) is 17.3 Å². The average molecular weight is 312 g/mol. The number of hydrogen-bond acceptors (Lipinski definition) is 3. The van der Waals surface area contributed by atoms with E-state index in [4.69, 9.17) is 0 Å². The molecule has 5 heteroatoms. The Balaban J connectivity index is 1.81. The summed E-state index contributed by atoms with van der Waals surface area (Å²) in [7, 11) is 1.70. The molecule has 0 saturated heterocycles. The van der Waals surface area contributed by atoms with E-state index in [1.54, 1.807) is 11.9 Å². The van der Waals surface area contributed by atoms with E-state index in [9.17, 15) is 9.59 Å². The number of thioether (sulfide) groups is 1. The molecule has 22 heavy (non-hydrogen) atoms. The van der Waals surface area contributed by atoms with Gasteiger partial charge in [-0.1, -0.05) is 29.8 Å². The topological polar surface area (TPSA) is 49.4 Å². The van der Waals surface area contributed by atoms with E-state index in [-0.39, 0.29) is 11.8 Å². The molecule has 1 aliphatic rings. The number of para-hydroxylation sites is 1. The number of anilines is 2. The van der Waals surface area contributed by atoms with Crippen molar-refractivity contribution in [3.05, 3.63) is 54.1 Å². The van der Waals surface area contributed by atoms with Gasteiger partial charge >= 0.3 is 0 Å². The number of benzene rings is 2. The van der Waals surface area contributed by atoms with Crippen LogP contribution in [0, 0.1) is 6.92 Å². The Labute approximate surface area is 133 Å². The molecule has 1 atom stereocenters. The molecule has 2 amide bonds. The van der Waals surface area contributed by atoms with Gasteiger partial charge in [0.05, 0.1) is 5.69 Å². The van der Waals surface area contributed by atoms with E-state index in [2.05, 4.69) is 5.32 Å². The van der Waals surface area contributed by atoms with Crippen LogP contribution in [-0.2, 0) is 9.59 Å². The maximum atomic E-state index is 12.4. The van der Waals surface area contributed by atoms with Crippen molar-refractivity contribution in [2.24, 2.45) is 0 Å². The SMILES string of the molecule is Cc1ccc(NC(=O)C2Sc3ccccc3N(C)C2=O)cc1. The van der Waals surface area contributed by atoms with Gasteiger partial charge in [0.15, 0.2) is 5.25 Å². The highest BCUT2D eigenvalue weighted by Crippen LogP contribution is 2.38. The fourth-order valence-electron chi connectivity index (χ4n) is 2.32. The maximum Gasteiger partial charge on any atom is 0.249 e. The highest BCUT2D eigenvalue weighted by molar-refractivity contribution is 8.01. The number of carbonyl (C=O) groups is 2. The lowest BCUT2D eigenvalue weighted by molar-refractivity contribution is -0.124. The maximum absolute atomic E-state index is 12.4. The van der Waals surface area contributed by atoms with Crippen LogP contribution in [0.25, 0.3) is 0 Å². The van der Waals surface area contributed by atoms with Crippen LogP contribution in [0.2, 0.25) is 0 Å². The van der Waals surface area contributed by atoms with Gasteiger partial charge in [0.1, 0.15) is 0 Å². The van der Waals surface area contributed by atoms with E-state index in [1.807, 2.05) is 55.5 Å². The Hall–Kier alpha value is -2.27. The van der Waals surface area contributed by atoms with E-state index in [1.165, 1.54) is 11.8 Å². The van der Waals surface area contributed by atoms with Crippen molar-refractivity contribution in [1.82, 2.24) is 0 Å². The second-order valence-electron chi connectivity index (χ2n) is 5.22. The van der Waals surface area contributed by atoms with Crippen LogP contribution in [0.3, 0.4) is 0 Å². The van der Waals surface area contributed by atoms with Crippen molar-refractivity contribution < 1.29 is 9.59 Å². The quantitative estimate of drug-likeness (QED) is 0.867. The third-order valence-electron chi connectivity index (χ3n) is 3.58. The fourth-order valence-corrected chi connectivity index (χ4v) is 3.48. The third kappa shape index (κ3) is 2.72. The van der Waals surface area contributed by atoms with Crippen molar-refractivity contribution in [3.8, 4) is 0 Å². The molecular weight excluding hydrogens is 296 g/mol. The summed E-state index contributed by atoms with van der Waals surface area (Å²) in [5, 5.41) is 2.05. The molecule has 0 aromatic heterocycles. The van der Waals surface area contributed by atoms with Crippen LogP contribution in [0.1, 0.15) is 5.56 Å². The summed E-state index contributed by atoms with van der Waals surface area (Å²) < 4.78 is 0.